The summed E-state index contributed by atoms with van der Waals surface area (Å²) in [6.07, 6.45) is 4.48. The van der Waals surface area contributed by atoms with Gasteiger partial charge in [0.25, 0.3) is 0 Å². The zero-order chi connectivity index (χ0) is 7.56. The zero-order valence-electron chi connectivity index (χ0n) is 6.35. The molecule has 1 fully saturated rings. The minimum Gasteiger partial charge on any atom is -0.312 e. The zero-order valence-corrected chi connectivity index (χ0v) is 6.35. The maximum absolute atomic E-state index is 7.48. The summed E-state index contributed by atoms with van der Waals surface area (Å²) in [5, 5.41) is 14.5. The van der Waals surface area contributed by atoms with Crippen LogP contribution < -0.4 is 0 Å². The van der Waals surface area contributed by atoms with Crippen LogP contribution in [0.1, 0.15) is 26.2 Å². The van der Waals surface area contributed by atoms with E-state index in [2.05, 4.69) is 6.92 Å². The van der Waals surface area contributed by atoms with Gasteiger partial charge in [0.15, 0.2) is 0 Å². The number of nitrogens with one attached hydrogen (secondary N) is 2. The maximum Gasteiger partial charge on any atom is 0.0315 e. The molecular formula is C8H14N2. The van der Waals surface area contributed by atoms with Crippen LogP contribution in [0.2, 0.25) is 0 Å². The van der Waals surface area contributed by atoms with E-state index in [1.165, 1.54) is 6.21 Å². The minimum absolute atomic E-state index is 0.156. The molecule has 0 radical (unpaired) electrons. The summed E-state index contributed by atoms with van der Waals surface area (Å²) in [6.45, 7) is 2.20. The summed E-state index contributed by atoms with van der Waals surface area (Å²) >= 11 is 0. The third-order valence-electron chi connectivity index (χ3n) is 2.21. The highest BCUT2D eigenvalue weighted by Gasteiger charge is 2.21. The Balaban J connectivity index is 2.53. The van der Waals surface area contributed by atoms with Crippen molar-refractivity contribution in [3.8, 4) is 0 Å². The van der Waals surface area contributed by atoms with Crippen LogP contribution in [-0.2, 0) is 0 Å². The fourth-order valence-corrected chi connectivity index (χ4v) is 1.45. The summed E-state index contributed by atoms with van der Waals surface area (Å²) < 4.78 is 0. The monoisotopic (exact) mass is 138 g/mol. The molecule has 0 aromatic heterocycles. The lowest BCUT2D eigenvalue weighted by atomic mass is 9.82. The van der Waals surface area contributed by atoms with Gasteiger partial charge in [0.2, 0.25) is 0 Å². The van der Waals surface area contributed by atoms with Crippen molar-refractivity contribution in [3.05, 3.63) is 0 Å². The smallest absolute Gasteiger partial charge is 0.0315 e. The second-order valence-corrected chi connectivity index (χ2v) is 3.18. The molecule has 10 heavy (non-hydrogen) atoms. The molecule has 0 aromatic carbocycles. The molecule has 0 bridgehead atoms. The van der Waals surface area contributed by atoms with Crippen molar-refractivity contribution in [1.29, 1.82) is 10.8 Å². The Hall–Kier alpha value is -0.660. The molecule has 1 rings (SSSR count). The largest absolute Gasteiger partial charge is 0.312 e. The van der Waals surface area contributed by atoms with E-state index in [1.54, 1.807) is 0 Å². The van der Waals surface area contributed by atoms with Crippen molar-refractivity contribution in [3.63, 3.8) is 0 Å². The molecule has 2 nitrogen and oxygen atoms in total. The van der Waals surface area contributed by atoms with Crippen LogP contribution in [0.3, 0.4) is 0 Å². The average Bonchev–Trinajstić information content (AvgIpc) is 1.94. The molecule has 2 N–H and O–H groups in total. The predicted molar refractivity (Wildman–Crippen MR) is 43.0 cm³/mol. The summed E-state index contributed by atoms with van der Waals surface area (Å²) in [5.41, 5.74) is 0.758. The molecule has 1 saturated carbocycles. The summed E-state index contributed by atoms with van der Waals surface area (Å²) in [6, 6.07) is 0. The highest BCUT2D eigenvalue weighted by Crippen LogP contribution is 2.24. The van der Waals surface area contributed by atoms with Crippen LogP contribution in [0, 0.1) is 22.7 Å². The first-order chi connectivity index (χ1) is 4.74. The van der Waals surface area contributed by atoms with Gasteiger partial charge >= 0.3 is 0 Å². The highest BCUT2D eigenvalue weighted by molar-refractivity contribution is 5.96. The lowest BCUT2D eigenvalue weighted by Gasteiger charge is -2.24. The van der Waals surface area contributed by atoms with E-state index in [0.717, 1.165) is 25.0 Å². The van der Waals surface area contributed by atoms with Gasteiger partial charge in [-0.25, -0.2) is 0 Å². The molecule has 2 unspecified atom stereocenters. The second-order valence-electron chi connectivity index (χ2n) is 3.18. The number of hydrogen-bond donors (Lipinski definition) is 2. The number of rotatable bonds is 1. The van der Waals surface area contributed by atoms with Gasteiger partial charge < -0.3 is 10.8 Å². The Kier molecular flexibility index (Phi) is 2.20. The van der Waals surface area contributed by atoms with Crippen LogP contribution in [0.25, 0.3) is 0 Å². The third-order valence-corrected chi connectivity index (χ3v) is 2.21. The van der Waals surface area contributed by atoms with Gasteiger partial charge in [-0.2, -0.15) is 0 Å². The Bertz CT molecular complexity index is 151. The first kappa shape index (κ1) is 7.45. The molecule has 0 spiro atoms. The second kappa shape index (κ2) is 2.95. The van der Waals surface area contributed by atoms with Gasteiger partial charge in [0.1, 0.15) is 0 Å². The van der Waals surface area contributed by atoms with E-state index in [0.29, 0.717) is 5.92 Å². The van der Waals surface area contributed by atoms with Crippen molar-refractivity contribution in [2.75, 3.05) is 0 Å². The van der Waals surface area contributed by atoms with Gasteiger partial charge in [-0.05, 0) is 25.2 Å². The molecule has 1 aliphatic rings. The Morgan fingerprint density at radius 3 is 2.80 bits per heavy atom. The molecule has 0 heterocycles. The average molecular weight is 138 g/mol. The molecule has 2 atom stereocenters. The SMILES string of the molecule is CC1CCC(=N)C(C=N)C1. The van der Waals surface area contributed by atoms with E-state index in [-0.39, 0.29) is 5.92 Å². The normalized spacial score (nSPS) is 33.9. The summed E-state index contributed by atoms with van der Waals surface area (Å²) in [7, 11) is 0. The number of hydrogen-bond acceptors (Lipinski definition) is 2. The molecule has 0 aromatic rings. The molecule has 0 aliphatic heterocycles. The molecule has 0 saturated heterocycles. The van der Waals surface area contributed by atoms with Crippen LogP contribution in [-0.4, -0.2) is 11.9 Å². The van der Waals surface area contributed by atoms with Crippen molar-refractivity contribution >= 4 is 11.9 Å². The maximum atomic E-state index is 7.48. The van der Waals surface area contributed by atoms with E-state index in [1.807, 2.05) is 0 Å². The van der Waals surface area contributed by atoms with E-state index in [9.17, 15) is 0 Å². The molecule has 56 valence electrons. The third kappa shape index (κ3) is 1.43. The van der Waals surface area contributed by atoms with Gasteiger partial charge in [-0.15, -0.1) is 0 Å². The van der Waals surface area contributed by atoms with Crippen molar-refractivity contribution in [2.45, 2.75) is 26.2 Å². The van der Waals surface area contributed by atoms with Crippen LogP contribution in [0.15, 0.2) is 0 Å². The fourth-order valence-electron chi connectivity index (χ4n) is 1.45. The van der Waals surface area contributed by atoms with Gasteiger partial charge in [0, 0.05) is 17.8 Å². The van der Waals surface area contributed by atoms with Gasteiger partial charge in [-0.1, -0.05) is 6.92 Å². The first-order valence-electron chi connectivity index (χ1n) is 3.82. The standard InChI is InChI=1S/C8H14N2/c1-6-2-3-8(10)7(4-6)5-9/h5-7,9-10H,2-4H2,1H3. The van der Waals surface area contributed by atoms with Crippen molar-refractivity contribution < 1.29 is 0 Å². The van der Waals surface area contributed by atoms with Crippen LogP contribution in [0.5, 0.6) is 0 Å². The topological polar surface area (TPSA) is 47.7 Å². The summed E-state index contributed by atoms with van der Waals surface area (Å²) in [5.74, 6) is 0.865. The van der Waals surface area contributed by atoms with E-state index >= 15 is 0 Å². The lowest BCUT2D eigenvalue weighted by Crippen LogP contribution is -2.23. The van der Waals surface area contributed by atoms with Gasteiger partial charge in [-0.3, -0.25) is 0 Å². The van der Waals surface area contributed by atoms with Crippen LogP contribution in [0.4, 0.5) is 0 Å². The Labute approximate surface area is 61.7 Å². The quantitative estimate of drug-likeness (QED) is 0.521. The minimum atomic E-state index is 0.156. The molecular weight excluding hydrogens is 124 g/mol. The van der Waals surface area contributed by atoms with Crippen molar-refractivity contribution in [2.24, 2.45) is 11.8 Å². The van der Waals surface area contributed by atoms with Crippen molar-refractivity contribution in [1.82, 2.24) is 0 Å². The van der Waals surface area contributed by atoms with Crippen LogP contribution >= 0.6 is 0 Å². The summed E-state index contributed by atoms with van der Waals surface area (Å²) in [4.78, 5) is 0. The predicted octanol–water partition coefficient (Wildman–Crippen LogP) is 2.09. The first-order valence-corrected chi connectivity index (χ1v) is 3.82. The Morgan fingerprint density at radius 2 is 2.30 bits per heavy atom. The molecule has 1 aliphatic carbocycles. The van der Waals surface area contributed by atoms with E-state index < -0.39 is 0 Å². The lowest BCUT2D eigenvalue weighted by molar-refractivity contribution is 0.452. The fraction of sp³-hybridized carbons (Fsp3) is 0.750. The van der Waals surface area contributed by atoms with Gasteiger partial charge in [0.05, 0.1) is 0 Å². The molecule has 0 amide bonds. The Morgan fingerprint density at radius 1 is 1.60 bits per heavy atom. The molecule has 2 heteroatoms. The highest BCUT2D eigenvalue weighted by atomic mass is 14.5. The van der Waals surface area contributed by atoms with E-state index in [4.69, 9.17) is 10.8 Å².